The van der Waals surface area contributed by atoms with Crippen LogP contribution in [0.5, 0.6) is 0 Å². The molecular weight excluding hydrogens is 206 g/mol. The molecule has 1 amide bonds. The molecule has 16 heavy (non-hydrogen) atoms. The van der Waals surface area contributed by atoms with Gasteiger partial charge in [-0.1, -0.05) is 6.92 Å². The van der Waals surface area contributed by atoms with E-state index in [0.29, 0.717) is 0 Å². The Labute approximate surface area is 94.6 Å². The minimum absolute atomic E-state index is 0.0469. The Balaban J connectivity index is 2.07. The van der Waals surface area contributed by atoms with Gasteiger partial charge in [-0.15, -0.1) is 0 Å². The van der Waals surface area contributed by atoms with Crippen LogP contribution in [0.25, 0.3) is 0 Å². The largest absolute Gasteiger partial charge is 0.432 e. The van der Waals surface area contributed by atoms with Crippen molar-refractivity contribution in [3.05, 3.63) is 12.0 Å². The lowest BCUT2D eigenvalue weighted by molar-refractivity contribution is -0.122. The SMILES string of the molecule is CCC1(C(=O)Nc2nc(C)co2)CCCN1. The average molecular weight is 223 g/mol. The minimum atomic E-state index is -0.442. The van der Waals surface area contributed by atoms with E-state index in [1.54, 1.807) is 0 Å². The van der Waals surface area contributed by atoms with Crippen LogP contribution in [0.4, 0.5) is 6.01 Å². The van der Waals surface area contributed by atoms with Crippen molar-refractivity contribution in [3.8, 4) is 0 Å². The second-order valence-electron chi connectivity index (χ2n) is 4.21. The van der Waals surface area contributed by atoms with Gasteiger partial charge in [0.25, 0.3) is 0 Å². The number of rotatable bonds is 3. The van der Waals surface area contributed by atoms with E-state index in [0.717, 1.165) is 31.5 Å². The number of aromatic nitrogens is 1. The van der Waals surface area contributed by atoms with E-state index in [2.05, 4.69) is 15.6 Å². The van der Waals surface area contributed by atoms with Gasteiger partial charge in [0.15, 0.2) is 0 Å². The van der Waals surface area contributed by atoms with Gasteiger partial charge in [-0.25, -0.2) is 0 Å². The average Bonchev–Trinajstić information content (AvgIpc) is 2.88. The molecule has 1 unspecified atom stereocenters. The summed E-state index contributed by atoms with van der Waals surface area (Å²) in [6.07, 6.45) is 4.20. The van der Waals surface area contributed by atoms with Crippen LogP contribution >= 0.6 is 0 Å². The summed E-state index contributed by atoms with van der Waals surface area (Å²) in [5.41, 5.74) is 0.322. The molecule has 0 aliphatic carbocycles. The molecule has 1 aliphatic heterocycles. The highest BCUT2D eigenvalue weighted by atomic mass is 16.4. The number of hydrogen-bond acceptors (Lipinski definition) is 4. The zero-order chi connectivity index (χ0) is 11.6. The smallest absolute Gasteiger partial charge is 0.301 e. The van der Waals surface area contributed by atoms with E-state index in [9.17, 15) is 4.79 Å². The van der Waals surface area contributed by atoms with E-state index >= 15 is 0 Å². The molecule has 88 valence electrons. The summed E-state index contributed by atoms with van der Waals surface area (Å²) in [5, 5.41) is 5.98. The fourth-order valence-corrected chi connectivity index (χ4v) is 2.09. The maximum absolute atomic E-state index is 12.1. The molecule has 2 N–H and O–H groups in total. The summed E-state index contributed by atoms with van der Waals surface area (Å²) in [5.74, 6) is -0.0469. The predicted octanol–water partition coefficient (Wildman–Crippen LogP) is 1.45. The number of aryl methyl sites for hydroxylation is 1. The Kier molecular flexibility index (Phi) is 2.96. The van der Waals surface area contributed by atoms with Gasteiger partial charge < -0.3 is 9.73 Å². The van der Waals surface area contributed by atoms with Gasteiger partial charge in [0.1, 0.15) is 6.26 Å². The summed E-state index contributed by atoms with van der Waals surface area (Å²) in [6, 6.07) is 0.282. The molecule has 1 aliphatic rings. The molecule has 1 fully saturated rings. The Morgan fingerprint density at radius 2 is 2.56 bits per heavy atom. The molecule has 2 heterocycles. The highest BCUT2D eigenvalue weighted by Gasteiger charge is 2.39. The number of nitrogens with zero attached hydrogens (tertiary/aromatic N) is 1. The zero-order valence-electron chi connectivity index (χ0n) is 9.67. The third-order valence-electron chi connectivity index (χ3n) is 3.12. The zero-order valence-corrected chi connectivity index (χ0v) is 9.67. The van der Waals surface area contributed by atoms with Crippen molar-refractivity contribution < 1.29 is 9.21 Å². The fraction of sp³-hybridized carbons (Fsp3) is 0.636. The second kappa shape index (κ2) is 4.25. The number of nitrogens with one attached hydrogen (secondary N) is 2. The first-order valence-corrected chi connectivity index (χ1v) is 5.65. The normalized spacial score (nSPS) is 24.6. The van der Waals surface area contributed by atoms with Crippen LogP contribution in [-0.2, 0) is 4.79 Å². The van der Waals surface area contributed by atoms with Gasteiger partial charge in [-0.05, 0) is 32.7 Å². The van der Waals surface area contributed by atoms with Gasteiger partial charge in [0, 0.05) is 0 Å². The van der Waals surface area contributed by atoms with Crippen molar-refractivity contribution >= 4 is 11.9 Å². The fourth-order valence-electron chi connectivity index (χ4n) is 2.09. The lowest BCUT2D eigenvalue weighted by Crippen LogP contribution is -2.50. The molecule has 1 atom stereocenters. The first kappa shape index (κ1) is 11.1. The number of hydrogen-bond donors (Lipinski definition) is 2. The quantitative estimate of drug-likeness (QED) is 0.814. The summed E-state index contributed by atoms with van der Waals surface area (Å²) < 4.78 is 5.11. The topological polar surface area (TPSA) is 67.2 Å². The number of anilines is 1. The van der Waals surface area contributed by atoms with E-state index < -0.39 is 5.54 Å². The first-order valence-electron chi connectivity index (χ1n) is 5.65. The van der Waals surface area contributed by atoms with Crippen LogP contribution in [0.15, 0.2) is 10.7 Å². The summed E-state index contributed by atoms with van der Waals surface area (Å²) >= 11 is 0. The minimum Gasteiger partial charge on any atom is -0.432 e. The van der Waals surface area contributed by atoms with Crippen molar-refractivity contribution in [2.75, 3.05) is 11.9 Å². The standard InChI is InChI=1S/C11H17N3O2/c1-3-11(5-4-6-12-11)9(15)14-10-13-8(2)7-16-10/h7,12H,3-6H2,1-2H3,(H,13,14,15). The monoisotopic (exact) mass is 223 g/mol. The molecule has 0 radical (unpaired) electrons. The maximum atomic E-state index is 12.1. The molecule has 0 aromatic carbocycles. The van der Waals surface area contributed by atoms with Crippen LogP contribution in [0.1, 0.15) is 31.9 Å². The summed E-state index contributed by atoms with van der Waals surface area (Å²) in [6.45, 7) is 4.73. The Morgan fingerprint density at radius 1 is 1.75 bits per heavy atom. The molecule has 0 bridgehead atoms. The van der Waals surface area contributed by atoms with Crippen LogP contribution in [0, 0.1) is 6.92 Å². The molecule has 5 heteroatoms. The molecular formula is C11H17N3O2. The first-order chi connectivity index (χ1) is 7.66. The predicted molar refractivity (Wildman–Crippen MR) is 60.1 cm³/mol. The van der Waals surface area contributed by atoms with E-state index in [4.69, 9.17) is 4.42 Å². The third-order valence-corrected chi connectivity index (χ3v) is 3.12. The third kappa shape index (κ3) is 1.95. The number of amides is 1. The molecule has 0 spiro atoms. The Morgan fingerprint density at radius 3 is 3.06 bits per heavy atom. The lowest BCUT2D eigenvalue weighted by atomic mass is 9.93. The van der Waals surface area contributed by atoms with Gasteiger partial charge in [0.05, 0.1) is 11.2 Å². The van der Waals surface area contributed by atoms with Gasteiger partial charge in [0.2, 0.25) is 5.91 Å². The van der Waals surface area contributed by atoms with Crippen molar-refractivity contribution in [1.82, 2.24) is 10.3 Å². The second-order valence-corrected chi connectivity index (χ2v) is 4.21. The van der Waals surface area contributed by atoms with E-state index in [-0.39, 0.29) is 11.9 Å². The number of carbonyl (C=O) groups excluding carboxylic acids is 1. The van der Waals surface area contributed by atoms with Crippen LogP contribution in [0.3, 0.4) is 0 Å². The van der Waals surface area contributed by atoms with Gasteiger partial charge in [-0.2, -0.15) is 4.98 Å². The highest BCUT2D eigenvalue weighted by molar-refractivity contribution is 5.96. The Bertz CT molecular complexity index is 380. The van der Waals surface area contributed by atoms with Crippen molar-refractivity contribution in [2.45, 2.75) is 38.6 Å². The van der Waals surface area contributed by atoms with E-state index in [1.807, 2.05) is 13.8 Å². The van der Waals surface area contributed by atoms with Crippen molar-refractivity contribution in [3.63, 3.8) is 0 Å². The van der Waals surface area contributed by atoms with Crippen LogP contribution < -0.4 is 10.6 Å². The summed E-state index contributed by atoms with van der Waals surface area (Å²) in [7, 11) is 0. The van der Waals surface area contributed by atoms with Crippen molar-refractivity contribution in [2.24, 2.45) is 0 Å². The summed E-state index contributed by atoms with van der Waals surface area (Å²) in [4.78, 5) is 16.2. The number of carbonyl (C=O) groups is 1. The van der Waals surface area contributed by atoms with Crippen molar-refractivity contribution in [1.29, 1.82) is 0 Å². The van der Waals surface area contributed by atoms with E-state index in [1.165, 1.54) is 6.26 Å². The van der Waals surface area contributed by atoms with Crippen LogP contribution in [0.2, 0.25) is 0 Å². The van der Waals surface area contributed by atoms with Gasteiger partial charge in [-0.3, -0.25) is 10.1 Å². The highest BCUT2D eigenvalue weighted by Crippen LogP contribution is 2.24. The lowest BCUT2D eigenvalue weighted by Gasteiger charge is -2.25. The molecule has 1 aromatic rings. The molecule has 2 rings (SSSR count). The van der Waals surface area contributed by atoms with Crippen LogP contribution in [-0.4, -0.2) is 23.0 Å². The number of oxazole rings is 1. The molecule has 0 saturated carbocycles. The molecule has 1 saturated heterocycles. The Hall–Kier alpha value is -1.36. The maximum Gasteiger partial charge on any atom is 0.301 e. The molecule has 5 nitrogen and oxygen atoms in total. The van der Waals surface area contributed by atoms with Gasteiger partial charge >= 0.3 is 6.01 Å². The molecule has 1 aromatic heterocycles.